The molecule has 0 aliphatic heterocycles. The number of nitrogens with one attached hydrogen (secondary N) is 2. The van der Waals surface area contributed by atoms with Gasteiger partial charge in [0.05, 0.1) is 29.4 Å². The molecule has 0 aliphatic carbocycles. The predicted octanol–water partition coefficient (Wildman–Crippen LogP) is 7.24. The molecule has 1 heterocycles. The van der Waals surface area contributed by atoms with Crippen LogP contribution in [0, 0.1) is 0 Å². The maximum atomic E-state index is 13.3. The topological polar surface area (TPSA) is 92.8 Å². The van der Waals surface area contributed by atoms with Crippen molar-refractivity contribution in [2.24, 2.45) is 5.10 Å². The summed E-state index contributed by atoms with van der Waals surface area (Å²) in [7, 11) is 1.55. The van der Waals surface area contributed by atoms with Crippen LogP contribution in [0.1, 0.15) is 26.4 Å². The van der Waals surface area contributed by atoms with Gasteiger partial charge < -0.3 is 14.5 Å². The number of methoxy groups -OCH3 is 1. The lowest BCUT2D eigenvalue weighted by Crippen LogP contribution is -2.19. The lowest BCUT2D eigenvalue weighted by atomic mass is 10.0. The molecule has 9 heteroatoms. The first-order valence-corrected chi connectivity index (χ1v) is 13.0. The predicted molar refractivity (Wildman–Crippen MR) is 156 cm³/mol. The van der Waals surface area contributed by atoms with Crippen LogP contribution in [0.25, 0.3) is 22.0 Å². The number of hydrogen-bond donors (Lipinski definition) is 2. The molecule has 0 unspecified atom stereocenters. The van der Waals surface area contributed by atoms with Crippen molar-refractivity contribution in [1.29, 1.82) is 0 Å². The fourth-order valence-electron chi connectivity index (χ4n) is 4.07. The summed E-state index contributed by atoms with van der Waals surface area (Å²) in [6.07, 6.45) is 1.41. The Morgan fingerprint density at radius 3 is 2.49 bits per heavy atom. The molecule has 7 nitrogen and oxygen atoms in total. The molecule has 0 atom stereocenters. The molecule has 2 N–H and O–H groups in total. The second-order valence-electron chi connectivity index (χ2n) is 8.40. The summed E-state index contributed by atoms with van der Waals surface area (Å²) in [5, 5.41) is 5.47. The van der Waals surface area contributed by atoms with Crippen molar-refractivity contribution in [2.45, 2.75) is 0 Å². The Morgan fingerprint density at radius 1 is 0.974 bits per heavy atom. The number of ether oxygens (including phenoxy) is 2. The van der Waals surface area contributed by atoms with E-state index in [1.807, 2.05) is 42.5 Å². The number of aromatic amines is 1. The molecule has 0 spiro atoms. The van der Waals surface area contributed by atoms with Crippen LogP contribution in [0.15, 0.2) is 101 Å². The lowest BCUT2D eigenvalue weighted by molar-refractivity contribution is 0.0734. The molecule has 0 saturated carbocycles. The molecule has 0 radical (unpaired) electrons. The maximum Gasteiger partial charge on any atom is 0.343 e. The van der Waals surface area contributed by atoms with Gasteiger partial charge in [-0.15, -0.1) is 0 Å². The van der Waals surface area contributed by atoms with Gasteiger partial charge in [0, 0.05) is 21.0 Å². The summed E-state index contributed by atoms with van der Waals surface area (Å²) < 4.78 is 11.5. The second-order valence-corrected chi connectivity index (χ2v) is 9.73. The lowest BCUT2D eigenvalue weighted by Gasteiger charge is -2.09. The third-order valence-electron chi connectivity index (χ3n) is 5.94. The minimum Gasteiger partial charge on any atom is -0.497 e. The number of aromatic nitrogens is 1. The van der Waals surface area contributed by atoms with E-state index in [0.29, 0.717) is 33.1 Å². The summed E-state index contributed by atoms with van der Waals surface area (Å²) in [5.41, 5.74) is 5.97. The number of nitrogens with zero attached hydrogens (tertiary/aromatic N) is 1. The van der Waals surface area contributed by atoms with Gasteiger partial charge in [-0.05, 0) is 54.1 Å². The van der Waals surface area contributed by atoms with Crippen molar-refractivity contribution in [1.82, 2.24) is 10.4 Å². The number of esters is 1. The van der Waals surface area contributed by atoms with Gasteiger partial charge in [-0.25, -0.2) is 10.2 Å². The van der Waals surface area contributed by atoms with Crippen molar-refractivity contribution in [3.63, 3.8) is 0 Å². The first kappa shape index (κ1) is 26.2. The Labute approximate surface area is 237 Å². The maximum absolute atomic E-state index is 13.3. The zero-order valence-electron chi connectivity index (χ0n) is 20.6. The fraction of sp³-hybridized carbons (Fsp3) is 0.0333. The van der Waals surface area contributed by atoms with Crippen LogP contribution in [-0.2, 0) is 0 Å². The van der Waals surface area contributed by atoms with E-state index in [2.05, 4.69) is 31.4 Å². The molecule has 0 aliphatic rings. The Bertz CT molecular complexity index is 1700. The van der Waals surface area contributed by atoms with Crippen molar-refractivity contribution in [3.05, 3.63) is 117 Å². The number of para-hydroxylation sites is 1. The van der Waals surface area contributed by atoms with E-state index in [1.165, 1.54) is 6.21 Å². The van der Waals surface area contributed by atoms with Gasteiger partial charge in [0.25, 0.3) is 5.91 Å². The largest absolute Gasteiger partial charge is 0.497 e. The van der Waals surface area contributed by atoms with Crippen molar-refractivity contribution in [3.8, 4) is 22.6 Å². The molecule has 5 aromatic rings. The van der Waals surface area contributed by atoms with E-state index < -0.39 is 11.9 Å². The Kier molecular flexibility index (Phi) is 7.76. The number of fused-ring (bicyclic) bond motifs is 1. The van der Waals surface area contributed by atoms with Crippen LogP contribution in [0.4, 0.5) is 0 Å². The van der Waals surface area contributed by atoms with Crippen LogP contribution >= 0.6 is 27.5 Å². The van der Waals surface area contributed by atoms with Crippen LogP contribution in [0.5, 0.6) is 11.5 Å². The van der Waals surface area contributed by atoms with Gasteiger partial charge in [-0.2, -0.15) is 5.10 Å². The van der Waals surface area contributed by atoms with E-state index in [1.54, 1.807) is 55.6 Å². The molecule has 39 heavy (non-hydrogen) atoms. The van der Waals surface area contributed by atoms with Crippen LogP contribution in [0.2, 0.25) is 5.02 Å². The minimum atomic E-state index is -0.541. The number of hydrogen-bond acceptors (Lipinski definition) is 5. The summed E-state index contributed by atoms with van der Waals surface area (Å²) >= 11 is 9.83. The van der Waals surface area contributed by atoms with Crippen LogP contribution < -0.4 is 14.9 Å². The molecule has 5 rings (SSSR count). The molecular formula is C30H21BrClN3O4. The minimum absolute atomic E-state index is 0.277. The Morgan fingerprint density at radius 2 is 1.74 bits per heavy atom. The zero-order chi connectivity index (χ0) is 27.4. The van der Waals surface area contributed by atoms with Gasteiger partial charge in [0.1, 0.15) is 17.2 Å². The summed E-state index contributed by atoms with van der Waals surface area (Å²) in [6.45, 7) is 0. The van der Waals surface area contributed by atoms with Gasteiger partial charge in [0.2, 0.25) is 0 Å². The number of hydrazone groups is 1. The molecular weight excluding hydrogens is 582 g/mol. The Hall–Kier alpha value is -4.40. The monoisotopic (exact) mass is 601 g/mol. The smallest absolute Gasteiger partial charge is 0.343 e. The molecule has 1 aromatic heterocycles. The standard InChI is InChI=1S/C30H21BrClN3O4/c1-38-22-13-10-19(11-14-22)30(37)39-25-15-12-21(31)16-20(25)17-33-35-29(36)28-26(18-6-3-2-4-7-18)23-8-5-9-24(32)27(23)34-28/h2-17,34H,1H3,(H,35,36). The van der Waals surface area contributed by atoms with Crippen LogP contribution in [0.3, 0.4) is 0 Å². The highest BCUT2D eigenvalue weighted by atomic mass is 79.9. The van der Waals surface area contributed by atoms with E-state index in [4.69, 9.17) is 21.1 Å². The quantitative estimate of drug-likeness (QED) is 0.0889. The highest BCUT2D eigenvalue weighted by Gasteiger charge is 2.20. The van der Waals surface area contributed by atoms with Crippen molar-refractivity contribution in [2.75, 3.05) is 7.11 Å². The summed E-state index contributed by atoms with van der Waals surface area (Å²) in [5.74, 6) is -0.0870. The third-order valence-corrected chi connectivity index (χ3v) is 6.75. The number of carbonyl (C=O) groups excluding carboxylic acids is 2. The van der Waals surface area contributed by atoms with Gasteiger partial charge in [-0.1, -0.05) is 70.0 Å². The second kappa shape index (κ2) is 11.6. The normalized spacial score (nSPS) is 11.1. The van der Waals surface area contributed by atoms with E-state index in [0.717, 1.165) is 21.0 Å². The zero-order valence-corrected chi connectivity index (χ0v) is 22.9. The van der Waals surface area contributed by atoms with Crippen LogP contribution in [-0.4, -0.2) is 30.2 Å². The summed E-state index contributed by atoms with van der Waals surface area (Å²) in [6, 6.07) is 26.8. The van der Waals surface area contributed by atoms with E-state index in [9.17, 15) is 9.59 Å². The number of H-pyrrole nitrogens is 1. The third kappa shape index (κ3) is 5.72. The number of carbonyl (C=O) groups is 2. The first-order valence-electron chi connectivity index (χ1n) is 11.8. The molecule has 4 aromatic carbocycles. The molecule has 0 saturated heterocycles. The molecule has 0 bridgehead atoms. The van der Waals surface area contributed by atoms with E-state index >= 15 is 0 Å². The summed E-state index contributed by atoms with van der Waals surface area (Å²) in [4.78, 5) is 29.1. The number of rotatable bonds is 7. The van der Waals surface area contributed by atoms with Gasteiger partial charge in [0.15, 0.2) is 0 Å². The average Bonchev–Trinajstić information content (AvgIpc) is 3.36. The molecule has 194 valence electrons. The van der Waals surface area contributed by atoms with Crippen molar-refractivity contribution < 1.29 is 19.1 Å². The number of amides is 1. The van der Waals surface area contributed by atoms with Gasteiger partial charge in [-0.3, -0.25) is 4.79 Å². The fourth-order valence-corrected chi connectivity index (χ4v) is 4.67. The number of halogens is 2. The molecule has 1 amide bonds. The Balaban J connectivity index is 1.40. The van der Waals surface area contributed by atoms with E-state index in [-0.39, 0.29) is 5.75 Å². The van der Waals surface area contributed by atoms with Gasteiger partial charge >= 0.3 is 5.97 Å². The SMILES string of the molecule is COc1ccc(C(=O)Oc2ccc(Br)cc2C=NNC(=O)c2[nH]c3c(Cl)cccc3c2-c2ccccc2)cc1. The average molecular weight is 603 g/mol. The molecule has 0 fully saturated rings. The number of benzene rings is 4. The first-order chi connectivity index (χ1) is 18.9. The highest BCUT2D eigenvalue weighted by molar-refractivity contribution is 9.10. The van der Waals surface area contributed by atoms with Crippen molar-refractivity contribution >= 4 is 56.5 Å². The highest BCUT2D eigenvalue weighted by Crippen LogP contribution is 2.35.